The summed E-state index contributed by atoms with van der Waals surface area (Å²) in [6.45, 7) is 0.944. The van der Waals surface area contributed by atoms with Crippen LogP contribution in [-0.4, -0.2) is 36.2 Å². The summed E-state index contributed by atoms with van der Waals surface area (Å²) in [6, 6.07) is 17.6. The molecule has 1 aliphatic rings. The van der Waals surface area contributed by atoms with E-state index in [0.29, 0.717) is 27.6 Å². The van der Waals surface area contributed by atoms with E-state index in [-0.39, 0.29) is 22.7 Å². The Morgan fingerprint density at radius 2 is 1.55 bits per heavy atom. The molecule has 1 atom stereocenters. The van der Waals surface area contributed by atoms with E-state index < -0.39 is 24.6 Å². The number of hydrogen-bond donors (Lipinski definition) is 1. The number of hydrogen-bond acceptors (Lipinski definition) is 6. The molecule has 3 aromatic rings. The van der Waals surface area contributed by atoms with Gasteiger partial charge in [-0.3, -0.25) is 14.4 Å². The van der Waals surface area contributed by atoms with Crippen molar-refractivity contribution in [1.29, 1.82) is 0 Å². The van der Waals surface area contributed by atoms with Crippen LogP contribution in [-0.2, 0) is 14.3 Å². The van der Waals surface area contributed by atoms with Gasteiger partial charge in [0, 0.05) is 33.0 Å². The highest BCUT2D eigenvalue weighted by atomic mass is 35.5. The minimum Gasteiger partial charge on any atom is -0.479 e. The van der Waals surface area contributed by atoms with Crippen LogP contribution in [0.1, 0.15) is 38.8 Å². The summed E-state index contributed by atoms with van der Waals surface area (Å²) < 4.78 is 10.5. The Morgan fingerprint density at radius 1 is 0.879 bits per heavy atom. The van der Waals surface area contributed by atoms with Gasteiger partial charge in [0.1, 0.15) is 5.75 Å². The molecule has 0 spiro atoms. The van der Waals surface area contributed by atoms with E-state index in [1.54, 1.807) is 48.5 Å². The second-order valence-corrected chi connectivity index (χ2v) is 7.77. The third-order valence-corrected chi connectivity index (χ3v) is 5.23. The second-order valence-electron chi connectivity index (χ2n) is 7.34. The first kappa shape index (κ1) is 22.2. The first-order chi connectivity index (χ1) is 15.8. The van der Waals surface area contributed by atoms with Crippen LogP contribution in [0.5, 0.6) is 5.75 Å². The Morgan fingerprint density at radius 3 is 2.24 bits per heavy atom. The summed E-state index contributed by atoms with van der Waals surface area (Å²) in [5, 5.41) is 3.02. The molecule has 1 amide bonds. The molecule has 33 heavy (non-hydrogen) atoms. The SMILES string of the molecule is CC(Oc1cccc(Cl)c1)C(=O)OCC(=O)Nc1ccc2c(c1)C(=O)c1ccccc1C2=O. The number of amides is 1. The topological polar surface area (TPSA) is 98.8 Å². The molecule has 1 N–H and O–H groups in total. The van der Waals surface area contributed by atoms with Gasteiger partial charge >= 0.3 is 5.97 Å². The van der Waals surface area contributed by atoms with Crippen molar-refractivity contribution in [3.05, 3.63) is 94.0 Å². The Bertz CT molecular complexity index is 1290. The molecule has 8 heteroatoms. The van der Waals surface area contributed by atoms with Crippen molar-refractivity contribution in [2.24, 2.45) is 0 Å². The molecule has 0 aliphatic heterocycles. The fourth-order valence-corrected chi connectivity index (χ4v) is 3.60. The third-order valence-electron chi connectivity index (χ3n) is 5.00. The summed E-state index contributed by atoms with van der Waals surface area (Å²) in [5.74, 6) is -1.48. The average molecular weight is 464 g/mol. The molecule has 0 radical (unpaired) electrons. The molecule has 0 saturated heterocycles. The zero-order valence-corrected chi connectivity index (χ0v) is 18.2. The van der Waals surface area contributed by atoms with Crippen molar-refractivity contribution < 1.29 is 28.7 Å². The van der Waals surface area contributed by atoms with Crippen LogP contribution < -0.4 is 10.1 Å². The fourth-order valence-electron chi connectivity index (χ4n) is 3.42. The zero-order chi connectivity index (χ0) is 23.5. The maximum absolute atomic E-state index is 12.8. The van der Waals surface area contributed by atoms with E-state index in [2.05, 4.69) is 5.32 Å². The van der Waals surface area contributed by atoms with Gasteiger partial charge in [0.05, 0.1) is 0 Å². The summed E-state index contributed by atoms with van der Waals surface area (Å²) in [4.78, 5) is 49.8. The number of fused-ring (bicyclic) bond motifs is 2. The number of ketones is 2. The van der Waals surface area contributed by atoms with Gasteiger partial charge in [-0.1, -0.05) is 41.9 Å². The minimum atomic E-state index is -0.955. The molecule has 0 aromatic heterocycles. The lowest BCUT2D eigenvalue weighted by Gasteiger charge is -2.18. The Kier molecular flexibility index (Phi) is 6.24. The lowest BCUT2D eigenvalue weighted by Crippen LogP contribution is -2.29. The lowest BCUT2D eigenvalue weighted by atomic mass is 9.84. The first-order valence-electron chi connectivity index (χ1n) is 10.0. The molecule has 0 saturated carbocycles. The molecule has 0 heterocycles. The van der Waals surface area contributed by atoms with Crippen molar-refractivity contribution in [1.82, 2.24) is 0 Å². The quantitative estimate of drug-likeness (QED) is 0.433. The highest BCUT2D eigenvalue weighted by molar-refractivity contribution is 6.30. The molecule has 166 valence electrons. The van der Waals surface area contributed by atoms with Gasteiger partial charge in [-0.25, -0.2) is 4.79 Å². The largest absolute Gasteiger partial charge is 0.479 e. The van der Waals surface area contributed by atoms with Crippen LogP contribution >= 0.6 is 11.6 Å². The van der Waals surface area contributed by atoms with Gasteiger partial charge in [0.15, 0.2) is 24.3 Å². The highest BCUT2D eigenvalue weighted by Gasteiger charge is 2.29. The molecule has 1 aliphatic carbocycles. The van der Waals surface area contributed by atoms with Crippen LogP contribution in [0.15, 0.2) is 66.7 Å². The Hall–Kier alpha value is -3.97. The van der Waals surface area contributed by atoms with E-state index in [0.717, 1.165) is 0 Å². The van der Waals surface area contributed by atoms with Crippen molar-refractivity contribution >= 4 is 40.7 Å². The second kappa shape index (κ2) is 9.26. The smallest absolute Gasteiger partial charge is 0.347 e. The standard InChI is InChI=1S/C25H18ClNO6/c1-14(33-17-6-4-5-15(26)11-17)25(31)32-13-22(28)27-16-9-10-20-21(12-16)24(30)19-8-3-2-7-18(19)23(20)29/h2-12,14H,13H2,1H3,(H,27,28). The van der Waals surface area contributed by atoms with Crippen LogP contribution in [0.2, 0.25) is 5.02 Å². The summed E-state index contributed by atoms with van der Waals surface area (Å²) >= 11 is 5.89. The third kappa shape index (κ3) is 4.78. The zero-order valence-electron chi connectivity index (χ0n) is 17.5. The van der Waals surface area contributed by atoms with Crippen molar-refractivity contribution in [2.75, 3.05) is 11.9 Å². The number of nitrogens with one attached hydrogen (secondary N) is 1. The van der Waals surface area contributed by atoms with Gasteiger partial charge in [-0.15, -0.1) is 0 Å². The molecule has 4 rings (SSSR count). The van der Waals surface area contributed by atoms with Gasteiger partial charge in [0.25, 0.3) is 5.91 Å². The average Bonchev–Trinajstić information content (AvgIpc) is 2.81. The highest BCUT2D eigenvalue weighted by Crippen LogP contribution is 2.29. The molecular formula is C25H18ClNO6. The van der Waals surface area contributed by atoms with Crippen LogP contribution in [0.4, 0.5) is 5.69 Å². The lowest BCUT2D eigenvalue weighted by molar-refractivity contribution is -0.153. The monoisotopic (exact) mass is 463 g/mol. The van der Waals surface area contributed by atoms with Gasteiger partial charge < -0.3 is 14.8 Å². The molecule has 1 unspecified atom stereocenters. The maximum Gasteiger partial charge on any atom is 0.347 e. The van der Waals surface area contributed by atoms with E-state index in [4.69, 9.17) is 21.1 Å². The van der Waals surface area contributed by atoms with Crippen LogP contribution in [0, 0.1) is 0 Å². The molecule has 7 nitrogen and oxygen atoms in total. The summed E-state index contributed by atoms with van der Waals surface area (Å²) in [7, 11) is 0. The Balaban J connectivity index is 1.37. The van der Waals surface area contributed by atoms with Gasteiger partial charge in [-0.05, 0) is 43.3 Å². The number of rotatable bonds is 6. The van der Waals surface area contributed by atoms with Crippen molar-refractivity contribution in [3.63, 3.8) is 0 Å². The first-order valence-corrected chi connectivity index (χ1v) is 10.4. The number of carbonyl (C=O) groups is 4. The number of carbonyl (C=O) groups excluding carboxylic acids is 4. The predicted octanol–water partition coefficient (Wildman–Crippen LogP) is 4.06. The predicted molar refractivity (Wildman–Crippen MR) is 121 cm³/mol. The van der Waals surface area contributed by atoms with E-state index in [1.807, 2.05) is 0 Å². The molecule has 0 bridgehead atoms. The number of halogens is 1. The number of benzene rings is 3. The van der Waals surface area contributed by atoms with E-state index >= 15 is 0 Å². The minimum absolute atomic E-state index is 0.206. The van der Waals surface area contributed by atoms with Crippen molar-refractivity contribution in [3.8, 4) is 5.75 Å². The van der Waals surface area contributed by atoms with Gasteiger partial charge in [0.2, 0.25) is 0 Å². The normalized spacial score (nSPS) is 12.9. The molecular weight excluding hydrogens is 446 g/mol. The number of anilines is 1. The van der Waals surface area contributed by atoms with Crippen molar-refractivity contribution in [2.45, 2.75) is 13.0 Å². The van der Waals surface area contributed by atoms with Crippen LogP contribution in [0.3, 0.4) is 0 Å². The number of ether oxygens (including phenoxy) is 2. The molecule has 3 aromatic carbocycles. The summed E-state index contributed by atoms with van der Waals surface area (Å²) in [5.41, 5.74) is 1.46. The number of esters is 1. The van der Waals surface area contributed by atoms with E-state index in [1.165, 1.54) is 25.1 Å². The van der Waals surface area contributed by atoms with Crippen LogP contribution in [0.25, 0.3) is 0 Å². The van der Waals surface area contributed by atoms with Gasteiger partial charge in [-0.2, -0.15) is 0 Å². The van der Waals surface area contributed by atoms with E-state index in [9.17, 15) is 19.2 Å². The fraction of sp³-hybridized carbons (Fsp3) is 0.120. The molecule has 0 fully saturated rings. The maximum atomic E-state index is 12.8. The summed E-state index contributed by atoms with van der Waals surface area (Å²) in [6.07, 6.45) is -0.955. The Labute approximate surface area is 194 Å².